The van der Waals surface area contributed by atoms with Crippen LogP contribution < -0.4 is 5.32 Å². The SMILES string of the molecule is CC(CC(C)(C)C)C1CCCNC1. The van der Waals surface area contributed by atoms with E-state index in [4.69, 9.17) is 0 Å². The Bertz CT molecular complexity index is 140. The molecule has 0 spiro atoms. The van der Waals surface area contributed by atoms with Crippen LogP contribution in [-0.2, 0) is 0 Å². The highest BCUT2D eigenvalue weighted by Gasteiger charge is 2.23. The monoisotopic (exact) mass is 183 g/mol. The average molecular weight is 183 g/mol. The molecule has 0 radical (unpaired) electrons. The van der Waals surface area contributed by atoms with Gasteiger partial charge in [-0.25, -0.2) is 0 Å². The minimum Gasteiger partial charge on any atom is -0.316 e. The molecule has 1 nitrogen and oxygen atoms in total. The maximum Gasteiger partial charge on any atom is -0.00180 e. The second-order valence-corrected chi connectivity index (χ2v) is 5.85. The summed E-state index contributed by atoms with van der Waals surface area (Å²) in [5.74, 6) is 1.81. The van der Waals surface area contributed by atoms with Crippen molar-refractivity contribution in [2.75, 3.05) is 13.1 Å². The number of hydrogen-bond acceptors (Lipinski definition) is 1. The number of hydrogen-bond donors (Lipinski definition) is 1. The molecular formula is C12H25N. The molecule has 1 aliphatic rings. The van der Waals surface area contributed by atoms with Crippen LogP contribution in [0, 0.1) is 17.3 Å². The van der Waals surface area contributed by atoms with Crippen molar-refractivity contribution in [1.82, 2.24) is 5.32 Å². The predicted molar refractivity (Wildman–Crippen MR) is 58.8 cm³/mol. The van der Waals surface area contributed by atoms with Crippen molar-refractivity contribution in [2.24, 2.45) is 17.3 Å². The topological polar surface area (TPSA) is 12.0 Å². The summed E-state index contributed by atoms with van der Waals surface area (Å²) in [4.78, 5) is 0. The third-order valence-corrected chi connectivity index (χ3v) is 3.07. The first-order chi connectivity index (χ1) is 5.99. The smallest absolute Gasteiger partial charge is 0.00180 e. The van der Waals surface area contributed by atoms with Crippen molar-refractivity contribution >= 4 is 0 Å². The summed E-state index contributed by atoms with van der Waals surface area (Å²) in [5.41, 5.74) is 0.497. The second-order valence-electron chi connectivity index (χ2n) is 5.85. The molecule has 1 heterocycles. The molecule has 0 amide bonds. The molecule has 1 rings (SSSR count). The molecule has 78 valence electrons. The number of nitrogens with one attached hydrogen (secondary N) is 1. The van der Waals surface area contributed by atoms with Crippen molar-refractivity contribution in [1.29, 1.82) is 0 Å². The Labute approximate surface area is 83.3 Å². The second kappa shape index (κ2) is 4.45. The summed E-state index contributed by atoms with van der Waals surface area (Å²) in [7, 11) is 0. The maximum atomic E-state index is 3.50. The molecule has 0 aromatic rings. The van der Waals surface area contributed by atoms with Gasteiger partial charge >= 0.3 is 0 Å². The Morgan fingerprint density at radius 1 is 1.38 bits per heavy atom. The summed E-state index contributed by atoms with van der Waals surface area (Å²) in [6.07, 6.45) is 4.17. The normalized spacial score (nSPS) is 27.2. The Kier molecular flexibility index (Phi) is 3.78. The number of piperidine rings is 1. The Hall–Kier alpha value is -0.0400. The Morgan fingerprint density at radius 2 is 2.08 bits per heavy atom. The van der Waals surface area contributed by atoms with E-state index in [2.05, 4.69) is 33.0 Å². The quantitative estimate of drug-likeness (QED) is 0.694. The van der Waals surface area contributed by atoms with E-state index in [9.17, 15) is 0 Å². The molecule has 2 unspecified atom stereocenters. The van der Waals surface area contributed by atoms with Crippen molar-refractivity contribution in [3.8, 4) is 0 Å². The van der Waals surface area contributed by atoms with Crippen LogP contribution in [0.4, 0.5) is 0 Å². The van der Waals surface area contributed by atoms with Gasteiger partial charge in [0.15, 0.2) is 0 Å². The molecule has 1 aliphatic heterocycles. The van der Waals surface area contributed by atoms with Crippen LogP contribution in [0.15, 0.2) is 0 Å². The standard InChI is InChI=1S/C12H25N/c1-10(8-12(2,3)4)11-6-5-7-13-9-11/h10-11,13H,5-9H2,1-4H3. The van der Waals surface area contributed by atoms with E-state index >= 15 is 0 Å². The van der Waals surface area contributed by atoms with Gasteiger partial charge in [0, 0.05) is 0 Å². The fourth-order valence-corrected chi connectivity index (χ4v) is 2.50. The average Bonchev–Trinajstić information content (AvgIpc) is 2.03. The van der Waals surface area contributed by atoms with Crippen molar-refractivity contribution in [3.63, 3.8) is 0 Å². The van der Waals surface area contributed by atoms with Crippen LogP contribution in [0.2, 0.25) is 0 Å². The van der Waals surface area contributed by atoms with Crippen molar-refractivity contribution in [3.05, 3.63) is 0 Å². The third-order valence-electron chi connectivity index (χ3n) is 3.07. The molecule has 0 aliphatic carbocycles. The summed E-state index contributed by atoms with van der Waals surface area (Å²) < 4.78 is 0. The molecule has 0 aromatic heterocycles. The molecule has 13 heavy (non-hydrogen) atoms. The minimum atomic E-state index is 0.497. The summed E-state index contributed by atoms with van der Waals surface area (Å²) in [5, 5.41) is 3.50. The lowest BCUT2D eigenvalue weighted by Crippen LogP contribution is -2.34. The van der Waals surface area contributed by atoms with Gasteiger partial charge in [0.05, 0.1) is 0 Å². The first kappa shape index (κ1) is 11.0. The minimum absolute atomic E-state index is 0.497. The summed E-state index contributed by atoms with van der Waals surface area (Å²) >= 11 is 0. The predicted octanol–water partition coefficient (Wildman–Crippen LogP) is 3.06. The highest BCUT2D eigenvalue weighted by Crippen LogP contribution is 2.31. The van der Waals surface area contributed by atoms with Crippen LogP contribution in [0.3, 0.4) is 0 Å². The third kappa shape index (κ3) is 4.12. The van der Waals surface area contributed by atoms with E-state index in [0.29, 0.717) is 5.41 Å². The lowest BCUT2D eigenvalue weighted by atomic mass is 9.77. The van der Waals surface area contributed by atoms with Gasteiger partial charge < -0.3 is 5.32 Å². The van der Waals surface area contributed by atoms with E-state index in [1.807, 2.05) is 0 Å². The van der Waals surface area contributed by atoms with Crippen molar-refractivity contribution < 1.29 is 0 Å². The summed E-state index contributed by atoms with van der Waals surface area (Å²) in [6, 6.07) is 0. The largest absolute Gasteiger partial charge is 0.316 e. The van der Waals surface area contributed by atoms with Crippen LogP contribution in [0.1, 0.15) is 47.0 Å². The van der Waals surface area contributed by atoms with Crippen LogP contribution in [-0.4, -0.2) is 13.1 Å². The fourth-order valence-electron chi connectivity index (χ4n) is 2.50. The van der Waals surface area contributed by atoms with Crippen molar-refractivity contribution in [2.45, 2.75) is 47.0 Å². The van der Waals surface area contributed by atoms with Gasteiger partial charge in [-0.1, -0.05) is 27.7 Å². The number of rotatable bonds is 2. The molecule has 1 heteroatoms. The van der Waals surface area contributed by atoms with Crippen LogP contribution in [0.5, 0.6) is 0 Å². The molecule has 2 atom stereocenters. The Morgan fingerprint density at radius 3 is 2.54 bits per heavy atom. The molecule has 0 bridgehead atoms. The van der Waals surface area contributed by atoms with Gasteiger partial charge in [-0.15, -0.1) is 0 Å². The Balaban J connectivity index is 2.33. The van der Waals surface area contributed by atoms with Gasteiger partial charge in [-0.2, -0.15) is 0 Å². The van der Waals surface area contributed by atoms with E-state index < -0.39 is 0 Å². The lowest BCUT2D eigenvalue weighted by Gasteiger charge is -2.32. The lowest BCUT2D eigenvalue weighted by molar-refractivity contribution is 0.206. The molecular weight excluding hydrogens is 158 g/mol. The fraction of sp³-hybridized carbons (Fsp3) is 1.00. The zero-order valence-electron chi connectivity index (χ0n) is 9.69. The first-order valence-corrected chi connectivity index (χ1v) is 5.70. The van der Waals surface area contributed by atoms with Gasteiger partial charge in [0.2, 0.25) is 0 Å². The van der Waals surface area contributed by atoms with E-state index in [1.165, 1.54) is 32.4 Å². The van der Waals surface area contributed by atoms with E-state index in [0.717, 1.165) is 11.8 Å². The highest BCUT2D eigenvalue weighted by atomic mass is 14.9. The zero-order valence-corrected chi connectivity index (χ0v) is 9.69. The summed E-state index contributed by atoms with van der Waals surface area (Å²) in [6.45, 7) is 11.9. The molecule has 0 saturated carbocycles. The molecule has 1 N–H and O–H groups in total. The molecule has 1 fully saturated rings. The van der Waals surface area contributed by atoms with Crippen LogP contribution in [0.25, 0.3) is 0 Å². The van der Waals surface area contributed by atoms with E-state index in [-0.39, 0.29) is 0 Å². The van der Waals surface area contributed by atoms with Gasteiger partial charge in [-0.3, -0.25) is 0 Å². The van der Waals surface area contributed by atoms with Gasteiger partial charge in [0.25, 0.3) is 0 Å². The van der Waals surface area contributed by atoms with E-state index in [1.54, 1.807) is 0 Å². The van der Waals surface area contributed by atoms with Crippen LogP contribution >= 0.6 is 0 Å². The zero-order chi connectivity index (χ0) is 9.90. The first-order valence-electron chi connectivity index (χ1n) is 5.70. The van der Waals surface area contributed by atoms with Gasteiger partial charge in [0.1, 0.15) is 0 Å². The molecule has 1 saturated heterocycles. The van der Waals surface area contributed by atoms with Gasteiger partial charge in [-0.05, 0) is 49.6 Å². The molecule has 0 aromatic carbocycles. The highest BCUT2D eigenvalue weighted by molar-refractivity contribution is 4.77. The maximum absolute atomic E-state index is 3.50.